The average molecular weight is 303 g/mol. The van der Waals surface area contributed by atoms with Crippen LogP contribution >= 0.6 is 0 Å². The van der Waals surface area contributed by atoms with Crippen molar-refractivity contribution in [1.29, 1.82) is 0 Å². The zero-order valence-corrected chi connectivity index (χ0v) is 12.8. The van der Waals surface area contributed by atoms with E-state index >= 15 is 0 Å². The number of hydrogen-bond acceptors (Lipinski definition) is 3. The molecule has 0 aliphatic heterocycles. The van der Waals surface area contributed by atoms with Crippen molar-refractivity contribution in [3.05, 3.63) is 54.1 Å². The van der Waals surface area contributed by atoms with Crippen molar-refractivity contribution >= 4 is 15.7 Å². The summed E-state index contributed by atoms with van der Waals surface area (Å²) in [7, 11) is -3.35. The van der Waals surface area contributed by atoms with Crippen LogP contribution in [0.4, 0.5) is 0 Å². The molecular formula is C16H17NO3S. The maximum Gasteiger partial charge on any atom is 0.251 e. The van der Waals surface area contributed by atoms with Crippen LogP contribution in [0.5, 0.6) is 0 Å². The Hall–Kier alpha value is -2.14. The summed E-state index contributed by atoms with van der Waals surface area (Å²) >= 11 is 0. The van der Waals surface area contributed by atoms with Crippen LogP contribution in [-0.4, -0.2) is 27.1 Å². The highest BCUT2D eigenvalue weighted by atomic mass is 32.2. The molecule has 0 unspecified atom stereocenters. The van der Waals surface area contributed by atoms with E-state index in [9.17, 15) is 13.2 Å². The first-order valence-electron chi connectivity index (χ1n) is 6.61. The van der Waals surface area contributed by atoms with Gasteiger partial charge in [-0.3, -0.25) is 4.79 Å². The highest BCUT2D eigenvalue weighted by Gasteiger charge is 2.16. The SMILES string of the molecule is CCNC(=O)c1cc(S(C)(=O)=O)ccc1-c1ccccc1. The molecule has 2 rings (SSSR count). The molecule has 21 heavy (non-hydrogen) atoms. The standard InChI is InChI=1S/C16H17NO3S/c1-3-17-16(18)15-11-13(21(2,19)20)9-10-14(15)12-7-5-4-6-8-12/h4-11H,3H2,1-2H3,(H,17,18). The van der Waals surface area contributed by atoms with Crippen molar-refractivity contribution in [2.45, 2.75) is 11.8 Å². The minimum absolute atomic E-state index is 0.142. The third-order valence-electron chi connectivity index (χ3n) is 3.09. The lowest BCUT2D eigenvalue weighted by Gasteiger charge is -2.11. The first-order chi connectivity index (χ1) is 9.93. The summed E-state index contributed by atoms with van der Waals surface area (Å²) in [6, 6.07) is 14.1. The third-order valence-corrected chi connectivity index (χ3v) is 4.20. The van der Waals surface area contributed by atoms with Gasteiger partial charge in [0.2, 0.25) is 0 Å². The fourth-order valence-corrected chi connectivity index (χ4v) is 2.71. The van der Waals surface area contributed by atoms with Crippen molar-refractivity contribution < 1.29 is 13.2 Å². The molecule has 4 nitrogen and oxygen atoms in total. The lowest BCUT2D eigenvalue weighted by atomic mass is 9.99. The van der Waals surface area contributed by atoms with Crippen LogP contribution in [0.25, 0.3) is 11.1 Å². The van der Waals surface area contributed by atoms with Crippen molar-refractivity contribution in [2.75, 3.05) is 12.8 Å². The predicted molar refractivity (Wildman–Crippen MR) is 83.0 cm³/mol. The summed E-state index contributed by atoms with van der Waals surface area (Å²) < 4.78 is 23.4. The van der Waals surface area contributed by atoms with Gasteiger partial charge in [-0.2, -0.15) is 0 Å². The molecule has 5 heteroatoms. The number of amides is 1. The van der Waals surface area contributed by atoms with Crippen molar-refractivity contribution in [3.63, 3.8) is 0 Å². The summed E-state index contributed by atoms with van der Waals surface area (Å²) in [5.41, 5.74) is 1.96. The number of benzene rings is 2. The number of sulfone groups is 1. The zero-order chi connectivity index (χ0) is 15.5. The molecule has 0 aliphatic carbocycles. The summed E-state index contributed by atoms with van der Waals surface area (Å²) in [4.78, 5) is 12.4. The first-order valence-corrected chi connectivity index (χ1v) is 8.50. The Balaban J connectivity index is 2.63. The number of hydrogen-bond donors (Lipinski definition) is 1. The van der Waals surface area contributed by atoms with Crippen LogP contribution in [0.2, 0.25) is 0 Å². The van der Waals surface area contributed by atoms with Crippen LogP contribution in [0.15, 0.2) is 53.4 Å². The molecule has 0 aromatic heterocycles. The van der Waals surface area contributed by atoms with Gasteiger partial charge >= 0.3 is 0 Å². The molecule has 110 valence electrons. The maximum absolute atomic E-state index is 12.2. The average Bonchev–Trinajstić information content (AvgIpc) is 2.47. The second-order valence-corrected chi connectivity index (χ2v) is 6.72. The lowest BCUT2D eigenvalue weighted by Crippen LogP contribution is -2.23. The highest BCUT2D eigenvalue weighted by Crippen LogP contribution is 2.26. The molecule has 0 saturated carbocycles. The van der Waals surface area contributed by atoms with E-state index in [1.165, 1.54) is 12.1 Å². The smallest absolute Gasteiger partial charge is 0.251 e. The van der Waals surface area contributed by atoms with E-state index in [0.717, 1.165) is 11.8 Å². The van der Waals surface area contributed by atoms with E-state index in [0.29, 0.717) is 17.7 Å². The number of carbonyl (C=O) groups excluding carboxylic acids is 1. The number of nitrogens with one attached hydrogen (secondary N) is 1. The summed E-state index contributed by atoms with van der Waals surface area (Å²) in [6.07, 6.45) is 1.13. The van der Waals surface area contributed by atoms with Gasteiger partial charge < -0.3 is 5.32 Å². The molecule has 2 aromatic carbocycles. The van der Waals surface area contributed by atoms with E-state index < -0.39 is 9.84 Å². The largest absolute Gasteiger partial charge is 0.352 e. The molecule has 2 aromatic rings. The van der Waals surface area contributed by atoms with Crippen molar-refractivity contribution in [1.82, 2.24) is 5.32 Å². The Labute approximate surface area is 124 Å². The normalized spacial score (nSPS) is 11.1. The molecule has 0 heterocycles. The molecule has 0 radical (unpaired) electrons. The molecule has 0 fully saturated rings. The minimum Gasteiger partial charge on any atom is -0.352 e. The first kappa shape index (κ1) is 15.3. The van der Waals surface area contributed by atoms with Gasteiger partial charge in [0.05, 0.1) is 4.90 Å². The zero-order valence-electron chi connectivity index (χ0n) is 12.0. The van der Waals surface area contributed by atoms with Gasteiger partial charge in [0.25, 0.3) is 5.91 Å². The fraction of sp³-hybridized carbons (Fsp3) is 0.188. The van der Waals surface area contributed by atoms with Crippen LogP contribution < -0.4 is 5.32 Å². The Morgan fingerprint density at radius 2 is 1.76 bits per heavy atom. The quantitative estimate of drug-likeness (QED) is 0.944. The van der Waals surface area contributed by atoms with Crippen LogP contribution in [0, 0.1) is 0 Å². The molecular weight excluding hydrogens is 286 g/mol. The molecule has 0 spiro atoms. The predicted octanol–water partition coefficient (Wildman–Crippen LogP) is 2.51. The van der Waals surface area contributed by atoms with Gasteiger partial charge in [0, 0.05) is 18.4 Å². The van der Waals surface area contributed by atoms with E-state index in [2.05, 4.69) is 5.32 Å². The van der Waals surface area contributed by atoms with Gasteiger partial charge in [0.15, 0.2) is 9.84 Å². The van der Waals surface area contributed by atoms with Crippen LogP contribution in [0.3, 0.4) is 0 Å². The van der Waals surface area contributed by atoms with Crippen LogP contribution in [-0.2, 0) is 9.84 Å². The molecule has 0 atom stereocenters. The number of carbonyl (C=O) groups is 1. The van der Waals surface area contributed by atoms with Gasteiger partial charge in [0.1, 0.15) is 0 Å². The third kappa shape index (κ3) is 3.49. The number of rotatable bonds is 4. The van der Waals surface area contributed by atoms with Crippen molar-refractivity contribution in [3.8, 4) is 11.1 Å². The Kier molecular flexibility index (Phi) is 4.43. The minimum atomic E-state index is -3.35. The summed E-state index contributed by atoms with van der Waals surface area (Å²) in [5, 5.41) is 2.72. The van der Waals surface area contributed by atoms with E-state index in [1.54, 1.807) is 6.07 Å². The van der Waals surface area contributed by atoms with Gasteiger partial charge in [-0.25, -0.2) is 8.42 Å². The summed E-state index contributed by atoms with van der Waals surface area (Å²) in [5.74, 6) is -0.276. The topological polar surface area (TPSA) is 63.2 Å². The second-order valence-electron chi connectivity index (χ2n) is 4.71. The fourth-order valence-electron chi connectivity index (χ4n) is 2.07. The van der Waals surface area contributed by atoms with Crippen molar-refractivity contribution in [2.24, 2.45) is 0 Å². The molecule has 1 amide bonds. The Morgan fingerprint density at radius 3 is 2.33 bits per heavy atom. The van der Waals surface area contributed by atoms with Gasteiger partial charge in [-0.1, -0.05) is 36.4 Å². The molecule has 0 bridgehead atoms. The lowest BCUT2D eigenvalue weighted by molar-refractivity contribution is 0.0956. The van der Waals surface area contributed by atoms with E-state index in [1.807, 2.05) is 37.3 Å². The van der Waals surface area contributed by atoms with Gasteiger partial charge in [-0.15, -0.1) is 0 Å². The van der Waals surface area contributed by atoms with Gasteiger partial charge in [-0.05, 0) is 30.2 Å². The molecule has 0 aliphatic rings. The monoisotopic (exact) mass is 303 g/mol. The van der Waals surface area contributed by atoms with E-state index in [4.69, 9.17) is 0 Å². The molecule has 1 N–H and O–H groups in total. The second kappa shape index (κ2) is 6.10. The summed E-state index contributed by atoms with van der Waals surface area (Å²) in [6.45, 7) is 2.30. The Morgan fingerprint density at radius 1 is 1.10 bits per heavy atom. The maximum atomic E-state index is 12.2. The van der Waals surface area contributed by atoms with E-state index in [-0.39, 0.29) is 10.8 Å². The highest BCUT2D eigenvalue weighted by molar-refractivity contribution is 7.90. The Bertz CT molecular complexity index is 752. The molecule has 0 saturated heterocycles. The van der Waals surface area contributed by atoms with Crippen LogP contribution in [0.1, 0.15) is 17.3 Å².